The molecule has 100 valence electrons. The monoisotopic (exact) mass is 267 g/mol. The number of rotatable bonds is 4. The van der Waals surface area contributed by atoms with Gasteiger partial charge in [0, 0.05) is 5.39 Å². The Morgan fingerprint density at radius 1 is 1.30 bits per heavy atom. The third kappa shape index (κ3) is 2.93. The average molecular weight is 267 g/mol. The first-order chi connectivity index (χ1) is 9.76. The second-order valence-electron chi connectivity index (χ2n) is 3.93. The first-order valence-corrected chi connectivity index (χ1v) is 6.15. The number of hydrogen-bond donors (Lipinski definition) is 1. The van der Waals surface area contributed by atoms with Gasteiger partial charge in [-0.1, -0.05) is 36.4 Å². The van der Waals surface area contributed by atoms with Crippen LogP contribution in [0.5, 0.6) is 0 Å². The van der Waals surface area contributed by atoms with E-state index in [9.17, 15) is 4.79 Å². The normalized spacial score (nSPS) is 10.9. The van der Waals surface area contributed by atoms with E-state index in [0.29, 0.717) is 0 Å². The number of esters is 1. The van der Waals surface area contributed by atoms with Crippen LogP contribution >= 0.6 is 0 Å². The van der Waals surface area contributed by atoms with Gasteiger partial charge in [0.2, 0.25) is 5.71 Å². The van der Waals surface area contributed by atoms with Crippen molar-refractivity contribution in [2.24, 2.45) is 5.10 Å². The summed E-state index contributed by atoms with van der Waals surface area (Å²) in [6.45, 7) is 1.87. The van der Waals surface area contributed by atoms with Crippen LogP contribution in [0, 0.1) is 11.3 Å². The zero-order valence-electron chi connectivity index (χ0n) is 11.0. The third-order valence-electron chi connectivity index (χ3n) is 2.65. The van der Waals surface area contributed by atoms with E-state index in [0.717, 1.165) is 16.5 Å². The number of carbonyl (C=O) groups is 1. The summed E-state index contributed by atoms with van der Waals surface area (Å²) >= 11 is 0. The largest absolute Gasteiger partial charge is 0.461 e. The van der Waals surface area contributed by atoms with E-state index in [1.54, 1.807) is 13.0 Å². The van der Waals surface area contributed by atoms with Gasteiger partial charge in [-0.05, 0) is 18.4 Å². The molecule has 2 rings (SSSR count). The number of carbonyl (C=O) groups excluding carboxylic acids is 1. The van der Waals surface area contributed by atoms with Gasteiger partial charge in [0.25, 0.3) is 0 Å². The Labute approximate surface area is 116 Å². The van der Waals surface area contributed by atoms with Crippen LogP contribution in [0.4, 0.5) is 5.69 Å². The van der Waals surface area contributed by atoms with Crippen LogP contribution in [-0.4, -0.2) is 18.3 Å². The van der Waals surface area contributed by atoms with Crippen molar-refractivity contribution in [2.75, 3.05) is 12.0 Å². The van der Waals surface area contributed by atoms with Crippen LogP contribution < -0.4 is 5.43 Å². The molecule has 0 aliphatic rings. The number of nitriles is 1. The maximum atomic E-state index is 11.4. The van der Waals surface area contributed by atoms with Crippen molar-refractivity contribution >= 4 is 28.1 Å². The van der Waals surface area contributed by atoms with Crippen LogP contribution in [-0.2, 0) is 9.53 Å². The van der Waals surface area contributed by atoms with E-state index in [4.69, 9.17) is 10.00 Å². The summed E-state index contributed by atoms with van der Waals surface area (Å²) in [6.07, 6.45) is 0. The lowest BCUT2D eigenvalue weighted by molar-refractivity contribution is -0.134. The molecule has 2 aromatic carbocycles. The maximum Gasteiger partial charge on any atom is 0.369 e. The fourth-order valence-electron chi connectivity index (χ4n) is 1.75. The van der Waals surface area contributed by atoms with E-state index in [2.05, 4.69) is 10.5 Å². The summed E-state index contributed by atoms with van der Waals surface area (Å²) in [7, 11) is 0. The van der Waals surface area contributed by atoms with Crippen molar-refractivity contribution in [1.82, 2.24) is 0 Å². The molecule has 0 radical (unpaired) electrons. The molecule has 1 N–H and O–H groups in total. The van der Waals surface area contributed by atoms with Crippen LogP contribution in [0.15, 0.2) is 47.6 Å². The molecule has 0 saturated heterocycles. The fraction of sp³-hybridized carbons (Fsp3) is 0.133. The highest BCUT2D eigenvalue weighted by Crippen LogP contribution is 2.22. The summed E-state index contributed by atoms with van der Waals surface area (Å²) in [5.41, 5.74) is 3.16. The van der Waals surface area contributed by atoms with Gasteiger partial charge in [0.05, 0.1) is 12.3 Å². The highest BCUT2D eigenvalue weighted by Gasteiger charge is 2.11. The molecular weight excluding hydrogens is 254 g/mol. The van der Waals surface area contributed by atoms with Crippen molar-refractivity contribution in [3.8, 4) is 6.07 Å². The quantitative estimate of drug-likeness (QED) is 0.525. The first-order valence-electron chi connectivity index (χ1n) is 6.15. The number of hydrazone groups is 1. The molecule has 0 spiro atoms. The van der Waals surface area contributed by atoms with Crippen LogP contribution in [0.3, 0.4) is 0 Å². The number of benzene rings is 2. The van der Waals surface area contributed by atoms with Crippen LogP contribution in [0.2, 0.25) is 0 Å². The van der Waals surface area contributed by atoms with E-state index >= 15 is 0 Å². The van der Waals surface area contributed by atoms with E-state index in [1.807, 2.05) is 42.5 Å². The second-order valence-corrected chi connectivity index (χ2v) is 3.93. The zero-order valence-corrected chi connectivity index (χ0v) is 11.0. The van der Waals surface area contributed by atoms with Gasteiger partial charge in [-0.3, -0.25) is 5.43 Å². The van der Waals surface area contributed by atoms with Crippen LogP contribution in [0.1, 0.15) is 6.92 Å². The number of anilines is 1. The van der Waals surface area contributed by atoms with Gasteiger partial charge >= 0.3 is 5.97 Å². The Kier molecular flexibility index (Phi) is 4.30. The van der Waals surface area contributed by atoms with Gasteiger partial charge in [-0.2, -0.15) is 10.4 Å². The van der Waals surface area contributed by atoms with Crippen LogP contribution in [0.25, 0.3) is 10.8 Å². The lowest BCUT2D eigenvalue weighted by atomic mass is 10.1. The predicted molar refractivity (Wildman–Crippen MR) is 77.3 cm³/mol. The van der Waals surface area contributed by atoms with Gasteiger partial charge < -0.3 is 4.74 Å². The highest BCUT2D eigenvalue weighted by molar-refractivity contribution is 6.43. The topological polar surface area (TPSA) is 74.5 Å². The van der Waals surface area contributed by atoms with E-state index < -0.39 is 5.97 Å². The first kappa shape index (κ1) is 13.6. The molecule has 0 aromatic heterocycles. The Hall–Kier alpha value is -2.87. The highest BCUT2D eigenvalue weighted by atomic mass is 16.5. The lowest BCUT2D eigenvalue weighted by Gasteiger charge is -2.05. The van der Waals surface area contributed by atoms with Crippen molar-refractivity contribution < 1.29 is 9.53 Å². The average Bonchev–Trinajstić information content (AvgIpc) is 2.48. The molecular formula is C15H13N3O2. The predicted octanol–water partition coefficient (Wildman–Crippen LogP) is 2.69. The van der Waals surface area contributed by atoms with Gasteiger partial charge in [-0.15, -0.1) is 0 Å². The van der Waals surface area contributed by atoms with Crippen molar-refractivity contribution in [3.63, 3.8) is 0 Å². The lowest BCUT2D eigenvalue weighted by Crippen LogP contribution is -2.17. The molecule has 0 saturated carbocycles. The molecule has 5 nitrogen and oxygen atoms in total. The van der Waals surface area contributed by atoms with Crippen molar-refractivity contribution in [2.45, 2.75) is 6.92 Å². The Morgan fingerprint density at radius 2 is 2.05 bits per heavy atom. The minimum absolute atomic E-state index is 0.202. The van der Waals surface area contributed by atoms with Gasteiger partial charge in [-0.25, -0.2) is 4.79 Å². The van der Waals surface area contributed by atoms with Crippen molar-refractivity contribution in [3.05, 3.63) is 42.5 Å². The Morgan fingerprint density at radius 3 is 2.80 bits per heavy atom. The Bertz CT molecular complexity index is 696. The molecule has 0 atom stereocenters. The molecule has 0 bridgehead atoms. The number of nitrogens with zero attached hydrogens (tertiary/aromatic N) is 2. The molecule has 0 amide bonds. The molecule has 20 heavy (non-hydrogen) atoms. The molecule has 5 heteroatoms. The molecule has 0 heterocycles. The third-order valence-corrected chi connectivity index (χ3v) is 2.65. The number of fused-ring (bicyclic) bond motifs is 1. The second kappa shape index (κ2) is 6.34. The number of nitrogens with one attached hydrogen (secondary N) is 1. The molecule has 0 fully saturated rings. The van der Waals surface area contributed by atoms with Gasteiger partial charge in [0.1, 0.15) is 6.07 Å². The number of ether oxygens (including phenoxy) is 1. The summed E-state index contributed by atoms with van der Waals surface area (Å²) in [6, 6.07) is 15.1. The maximum absolute atomic E-state index is 11.4. The summed E-state index contributed by atoms with van der Waals surface area (Å²) < 4.78 is 4.74. The van der Waals surface area contributed by atoms with E-state index in [-0.39, 0.29) is 12.3 Å². The zero-order chi connectivity index (χ0) is 14.4. The SMILES string of the molecule is CCOC(=O)/C(C#N)=N\Nc1cccc2ccccc12. The smallest absolute Gasteiger partial charge is 0.369 e. The van der Waals surface area contributed by atoms with Gasteiger partial charge in [0.15, 0.2) is 0 Å². The summed E-state index contributed by atoms with van der Waals surface area (Å²) in [5.74, 6) is -0.734. The van der Waals surface area contributed by atoms with E-state index in [1.165, 1.54) is 0 Å². The molecule has 0 aliphatic heterocycles. The number of hydrogen-bond acceptors (Lipinski definition) is 5. The molecule has 0 aliphatic carbocycles. The minimum Gasteiger partial charge on any atom is -0.461 e. The van der Waals surface area contributed by atoms with Crippen molar-refractivity contribution in [1.29, 1.82) is 5.26 Å². The summed E-state index contributed by atoms with van der Waals surface area (Å²) in [5, 5.41) is 14.7. The molecule has 0 unspecified atom stereocenters. The fourth-order valence-corrected chi connectivity index (χ4v) is 1.75. The standard InChI is InChI=1S/C15H13N3O2/c1-2-20-15(19)14(10-16)18-17-13-9-5-7-11-6-3-4-8-12(11)13/h3-9,17H,2H2,1H3/b18-14-. The summed E-state index contributed by atoms with van der Waals surface area (Å²) in [4.78, 5) is 11.4. The molecule has 2 aromatic rings. The minimum atomic E-state index is -0.734. The Balaban J connectivity index is 2.28.